The van der Waals surface area contributed by atoms with Gasteiger partial charge in [-0.25, -0.2) is 13.1 Å². The van der Waals surface area contributed by atoms with Crippen LogP contribution in [0.25, 0.3) is 0 Å². The van der Waals surface area contributed by atoms with E-state index in [4.69, 9.17) is 0 Å². The molecule has 0 aliphatic heterocycles. The van der Waals surface area contributed by atoms with Crippen LogP contribution in [0.1, 0.15) is 28.6 Å². The number of hydrogen-bond donors (Lipinski definition) is 2. The lowest BCUT2D eigenvalue weighted by Gasteiger charge is -2.18. The molecule has 6 nitrogen and oxygen atoms in total. The van der Waals surface area contributed by atoms with Gasteiger partial charge in [0.2, 0.25) is 10.0 Å². The summed E-state index contributed by atoms with van der Waals surface area (Å²) in [5.74, 6) is 0. The first-order chi connectivity index (χ1) is 10.3. The molecule has 3 rings (SSSR count). The van der Waals surface area contributed by atoms with Gasteiger partial charge in [-0.2, -0.15) is 5.10 Å². The molecule has 7 heteroatoms. The molecule has 1 aromatic carbocycles. The fourth-order valence-corrected chi connectivity index (χ4v) is 4.77. The van der Waals surface area contributed by atoms with Crippen LogP contribution in [0.15, 0.2) is 29.2 Å². The number of fused-ring (bicyclic) bond motifs is 1. The van der Waals surface area contributed by atoms with E-state index in [-0.39, 0.29) is 4.90 Å². The first kappa shape index (κ1) is 15.2. The summed E-state index contributed by atoms with van der Waals surface area (Å²) >= 11 is 0. The monoisotopic (exact) mass is 321 g/mol. The zero-order chi connectivity index (χ0) is 16.1. The van der Waals surface area contributed by atoms with Gasteiger partial charge in [-0.3, -0.25) is 4.68 Å². The lowest BCUT2D eigenvalue weighted by molar-refractivity contribution is 0.151. The highest BCUT2D eigenvalue weighted by Crippen LogP contribution is 2.33. The standard InChI is InChI=1S/C15H19N3O3S/c1-9-15(10(2)18(3)16-9)22(20,21)17-14-12-7-5-4-6-11(12)8-13(14)19/h4-7,13-14,17,19H,8H2,1-3H3. The Balaban J connectivity index is 1.99. The summed E-state index contributed by atoms with van der Waals surface area (Å²) in [6.45, 7) is 3.38. The highest BCUT2D eigenvalue weighted by molar-refractivity contribution is 7.89. The van der Waals surface area contributed by atoms with Crippen LogP contribution in [0.3, 0.4) is 0 Å². The lowest BCUT2D eigenvalue weighted by atomic mass is 10.1. The number of aryl methyl sites for hydroxylation is 2. The third-order valence-corrected chi connectivity index (χ3v) is 5.89. The molecule has 118 valence electrons. The summed E-state index contributed by atoms with van der Waals surface area (Å²) in [4.78, 5) is 0.187. The van der Waals surface area contributed by atoms with Crippen molar-refractivity contribution in [2.75, 3.05) is 0 Å². The zero-order valence-corrected chi connectivity index (χ0v) is 13.6. The minimum Gasteiger partial charge on any atom is -0.391 e. The number of nitrogens with one attached hydrogen (secondary N) is 1. The second kappa shape index (κ2) is 5.19. The summed E-state index contributed by atoms with van der Waals surface area (Å²) in [5.41, 5.74) is 2.83. The third-order valence-electron chi connectivity index (χ3n) is 4.20. The second-order valence-corrected chi connectivity index (χ2v) is 7.34. The molecule has 0 amide bonds. The fraction of sp³-hybridized carbons (Fsp3) is 0.400. The minimum atomic E-state index is -3.75. The number of aliphatic hydroxyl groups is 1. The maximum atomic E-state index is 12.7. The Labute approximate surface area is 129 Å². The molecular weight excluding hydrogens is 302 g/mol. The number of sulfonamides is 1. The van der Waals surface area contributed by atoms with Gasteiger partial charge < -0.3 is 5.11 Å². The van der Waals surface area contributed by atoms with E-state index in [1.54, 1.807) is 25.6 Å². The van der Waals surface area contributed by atoms with Crippen molar-refractivity contribution in [2.45, 2.75) is 37.3 Å². The van der Waals surface area contributed by atoms with E-state index in [1.165, 1.54) is 0 Å². The van der Waals surface area contributed by atoms with E-state index in [2.05, 4.69) is 9.82 Å². The fourth-order valence-electron chi connectivity index (χ4n) is 3.09. The molecule has 0 saturated carbocycles. The average molecular weight is 321 g/mol. The molecule has 0 saturated heterocycles. The topological polar surface area (TPSA) is 84.2 Å². The molecular formula is C15H19N3O3S. The molecule has 1 aliphatic rings. The summed E-state index contributed by atoms with van der Waals surface area (Å²) in [6, 6.07) is 6.87. The van der Waals surface area contributed by atoms with Crippen LogP contribution in [-0.2, 0) is 23.5 Å². The van der Waals surface area contributed by atoms with Crippen molar-refractivity contribution in [3.63, 3.8) is 0 Å². The molecule has 1 heterocycles. The van der Waals surface area contributed by atoms with Crippen LogP contribution < -0.4 is 4.72 Å². The molecule has 1 aliphatic carbocycles. The maximum Gasteiger partial charge on any atom is 0.244 e. The van der Waals surface area contributed by atoms with Crippen LogP contribution in [0.4, 0.5) is 0 Å². The third kappa shape index (κ3) is 2.35. The van der Waals surface area contributed by atoms with Gasteiger partial charge in [-0.1, -0.05) is 24.3 Å². The van der Waals surface area contributed by atoms with E-state index >= 15 is 0 Å². The summed E-state index contributed by atoms with van der Waals surface area (Å²) in [6.07, 6.45) is -0.307. The lowest BCUT2D eigenvalue weighted by Crippen LogP contribution is -2.34. The quantitative estimate of drug-likeness (QED) is 0.882. The summed E-state index contributed by atoms with van der Waals surface area (Å²) in [7, 11) is -2.04. The van der Waals surface area contributed by atoms with Gasteiger partial charge in [0.1, 0.15) is 4.90 Å². The second-order valence-electron chi connectivity index (χ2n) is 5.69. The van der Waals surface area contributed by atoms with Crippen LogP contribution in [0.5, 0.6) is 0 Å². The van der Waals surface area contributed by atoms with Crippen LogP contribution in [0, 0.1) is 13.8 Å². The van der Waals surface area contributed by atoms with Gasteiger partial charge in [0, 0.05) is 13.5 Å². The Morgan fingerprint density at radius 3 is 2.64 bits per heavy atom. The highest BCUT2D eigenvalue weighted by atomic mass is 32.2. The van der Waals surface area contributed by atoms with Gasteiger partial charge >= 0.3 is 0 Å². The number of hydrogen-bond acceptors (Lipinski definition) is 4. The van der Waals surface area contributed by atoms with Gasteiger partial charge in [-0.05, 0) is 25.0 Å². The largest absolute Gasteiger partial charge is 0.391 e. The molecule has 0 fully saturated rings. The first-order valence-electron chi connectivity index (χ1n) is 7.09. The Kier molecular flexibility index (Phi) is 3.58. The number of benzene rings is 1. The SMILES string of the molecule is Cc1nn(C)c(C)c1S(=O)(=O)NC1c2ccccc2CC1O. The minimum absolute atomic E-state index is 0.187. The number of rotatable bonds is 3. The van der Waals surface area contributed by atoms with E-state index in [9.17, 15) is 13.5 Å². The predicted molar refractivity (Wildman–Crippen MR) is 81.9 cm³/mol. The maximum absolute atomic E-state index is 12.7. The van der Waals surface area contributed by atoms with Gasteiger partial charge in [0.25, 0.3) is 0 Å². The summed E-state index contributed by atoms with van der Waals surface area (Å²) in [5, 5.41) is 14.4. The van der Waals surface area contributed by atoms with Gasteiger partial charge in [0.05, 0.1) is 23.5 Å². The van der Waals surface area contributed by atoms with Crippen molar-refractivity contribution >= 4 is 10.0 Å². The Bertz CT molecular complexity index is 827. The first-order valence-corrected chi connectivity index (χ1v) is 8.58. The predicted octanol–water partition coefficient (Wildman–Crippen LogP) is 0.974. The molecule has 0 spiro atoms. The number of aromatic nitrogens is 2. The van der Waals surface area contributed by atoms with Crippen molar-refractivity contribution in [1.29, 1.82) is 0 Å². The van der Waals surface area contributed by atoms with E-state index < -0.39 is 22.2 Å². The molecule has 2 unspecified atom stereocenters. The molecule has 22 heavy (non-hydrogen) atoms. The zero-order valence-electron chi connectivity index (χ0n) is 12.7. The normalized spacial score (nSPS) is 21.1. The van der Waals surface area contributed by atoms with Gasteiger partial charge in [-0.15, -0.1) is 0 Å². The highest BCUT2D eigenvalue weighted by Gasteiger charge is 2.35. The molecule has 0 bridgehead atoms. The van der Waals surface area contributed by atoms with E-state index in [0.717, 1.165) is 11.1 Å². The smallest absolute Gasteiger partial charge is 0.244 e. The Morgan fingerprint density at radius 2 is 2.00 bits per heavy atom. The van der Waals surface area contributed by atoms with Crippen LogP contribution >= 0.6 is 0 Å². The molecule has 2 N–H and O–H groups in total. The van der Waals surface area contributed by atoms with Crippen molar-refractivity contribution in [3.05, 3.63) is 46.8 Å². The van der Waals surface area contributed by atoms with E-state index in [1.807, 2.05) is 24.3 Å². The summed E-state index contributed by atoms with van der Waals surface area (Å²) < 4.78 is 29.6. The molecule has 1 aromatic heterocycles. The van der Waals surface area contributed by atoms with Crippen molar-refractivity contribution in [3.8, 4) is 0 Å². The van der Waals surface area contributed by atoms with Gasteiger partial charge in [0.15, 0.2) is 0 Å². The Morgan fingerprint density at radius 1 is 1.32 bits per heavy atom. The van der Waals surface area contributed by atoms with Crippen molar-refractivity contribution < 1.29 is 13.5 Å². The molecule has 2 aromatic rings. The number of aliphatic hydroxyl groups excluding tert-OH is 1. The molecule has 2 atom stereocenters. The van der Waals surface area contributed by atoms with Crippen molar-refractivity contribution in [2.24, 2.45) is 7.05 Å². The average Bonchev–Trinajstić information content (AvgIpc) is 2.88. The van der Waals surface area contributed by atoms with Crippen LogP contribution in [0.2, 0.25) is 0 Å². The van der Waals surface area contributed by atoms with Crippen LogP contribution in [-0.4, -0.2) is 29.4 Å². The van der Waals surface area contributed by atoms with E-state index in [0.29, 0.717) is 17.8 Å². The number of nitrogens with zero attached hydrogens (tertiary/aromatic N) is 2. The van der Waals surface area contributed by atoms with Crippen molar-refractivity contribution in [1.82, 2.24) is 14.5 Å². The molecule has 0 radical (unpaired) electrons. The Hall–Kier alpha value is -1.70.